The van der Waals surface area contributed by atoms with Gasteiger partial charge in [0.25, 0.3) is 0 Å². The molecule has 174 valence electrons. The largest absolute Gasteiger partial charge is 0.508 e. The van der Waals surface area contributed by atoms with Gasteiger partial charge in [-0.3, -0.25) is 0 Å². The van der Waals surface area contributed by atoms with Crippen molar-refractivity contribution in [3.8, 4) is 17.2 Å². The average molecular weight is 490 g/mol. The van der Waals surface area contributed by atoms with E-state index < -0.39 is 12.1 Å². The Labute approximate surface area is 203 Å². The number of aryl methyl sites for hydroxylation is 1. The maximum Gasteiger partial charge on any atom is 0.335 e. The van der Waals surface area contributed by atoms with Crippen LogP contribution in [0, 0.1) is 0 Å². The van der Waals surface area contributed by atoms with Gasteiger partial charge in [0.05, 0.1) is 11.7 Å². The lowest BCUT2D eigenvalue weighted by Crippen LogP contribution is -2.37. The maximum atomic E-state index is 11.2. The predicted octanol–water partition coefficient (Wildman–Crippen LogP) is 5.14. The van der Waals surface area contributed by atoms with Crippen molar-refractivity contribution < 1.29 is 24.9 Å². The number of fused-ring (bicyclic) bond motifs is 1. The molecule has 2 atom stereocenters. The second-order valence-electron chi connectivity index (χ2n) is 7.97. The minimum Gasteiger partial charge on any atom is -0.508 e. The molecule has 1 aliphatic carbocycles. The van der Waals surface area contributed by atoms with E-state index in [1.807, 2.05) is 30.3 Å². The molecule has 0 radical (unpaired) electrons. The van der Waals surface area contributed by atoms with E-state index in [9.17, 15) is 15.0 Å². The number of nitrogens with one attached hydrogen (secondary N) is 1. The minimum absolute atomic E-state index is 0. The van der Waals surface area contributed by atoms with Crippen LogP contribution in [-0.2, 0) is 12.8 Å². The first-order chi connectivity index (χ1) is 15.4. The van der Waals surface area contributed by atoms with Gasteiger partial charge in [0.2, 0.25) is 0 Å². The van der Waals surface area contributed by atoms with E-state index in [2.05, 4.69) is 5.32 Å². The molecular weight excluding hydrogens is 465 g/mol. The summed E-state index contributed by atoms with van der Waals surface area (Å²) in [6.45, 7) is 0.428. The van der Waals surface area contributed by atoms with Gasteiger partial charge in [0, 0.05) is 23.7 Å². The fourth-order valence-electron chi connectivity index (χ4n) is 3.98. The first-order valence-electron chi connectivity index (χ1n) is 10.4. The Morgan fingerprint density at radius 2 is 1.91 bits per heavy atom. The summed E-state index contributed by atoms with van der Waals surface area (Å²) in [5.74, 6) is -0.465. The van der Waals surface area contributed by atoms with Crippen molar-refractivity contribution in [3.05, 3.63) is 87.9 Å². The number of aliphatic hydroxyl groups excluding tert-OH is 1. The topological polar surface area (TPSA) is 99.0 Å². The Balaban J connectivity index is 0.00000306. The molecule has 0 fully saturated rings. The molecule has 0 spiro atoms. The standard InChI is InChI=1S/C25H24ClNO5.ClH/c26-19-3-1-2-16(8-19)24(29)14-27-20-6-4-15-5-7-22(11-17(15)9-20)32-23-12-18(25(30)31)10-21(28)13-23;/h1-3,5,7-8,10-13,20,24,27-29H,4,6,9,14H2,(H,30,31);1H/t20-,24+;/m0./s1. The first-order valence-corrected chi connectivity index (χ1v) is 10.8. The molecule has 0 bridgehead atoms. The van der Waals surface area contributed by atoms with Crippen LogP contribution in [0.4, 0.5) is 0 Å². The van der Waals surface area contributed by atoms with Gasteiger partial charge in [-0.2, -0.15) is 0 Å². The number of aromatic carboxylic acids is 1. The van der Waals surface area contributed by atoms with Crippen LogP contribution in [0.15, 0.2) is 60.7 Å². The SMILES string of the molecule is Cl.O=C(O)c1cc(O)cc(Oc2ccc3c(c2)C[C@@H](NC[C@@H](O)c2cccc(Cl)c2)CC3)c1. The Bertz CT molecular complexity index is 1140. The number of hydrogen-bond acceptors (Lipinski definition) is 5. The maximum absolute atomic E-state index is 11.2. The second kappa shape index (κ2) is 10.9. The highest BCUT2D eigenvalue weighted by Gasteiger charge is 2.20. The fraction of sp³-hybridized carbons (Fsp3) is 0.240. The van der Waals surface area contributed by atoms with Crippen LogP contribution < -0.4 is 10.1 Å². The number of ether oxygens (including phenoxy) is 1. The molecule has 6 nitrogen and oxygen atoms in total. The second-order valence-corrected chi connectivity index (χ2v) is 8.41. The van der Waals surface area contributed by atoms with E-state index in [0.717, 1.165) is 30.4 Å². The minimum atomic E-state index is -1.13. The zero-order valence-corrected chi connectivity index (χ0v) is 19.3. The van der Waals surface area contributed by atoms with Crippen molar-refractivity contribution in [2.75, 3.05) is 6.54 Å². The highest BCUT2D eigenvalue weighted by molar-refractivity contribution is 6.30. The highest BCUT2D eigenvalue weighted by atomic mass is 35.5. The Hall–Kier alpha value is -2.77. The number of carboxylic acid groups (broad SMARTS) is 1. The monoisotopic (exact) mass is 489 g/mol. The summed E-state index contributed by atoms with van der Waals surface area (Å²) in [6, 6.07) is 17.2. The number of benzene rings is 3. The average Bonchev–Trinajstić information content (AvgIpc) is 2.76. The van der Waals surface area contributed by atoms with Crippen molar-refractivity contribution in [1.82, 2.24) is 5.32 Å². The Kier molecular flexibility index (Phi) is 8.21. The summed E-state index contributed by atoms with van der Waals surface area (Å²) in [5.41, 5.74) is 3.12. The quantitative estimate of drug-likeness (QED) is 0.366. The van der Waals surface area contributed by atoms with Gasteiger partial charge in [-0.05, 0) is 72.4 Å². The van der Waals surface area contributed by atoms with Crippen LogP contribution in [0.3, 0.4) is 0 Å². The van der Waals surface area contributed by atoms with E-state index in [1.54, 1.807) is 12.1 Å². The van der Waals surface area contributed by atoms with E-state index in [1.165, 1.54) is 23.8 Å². The number of aromatic hydroxyl groups is 1. The lowest BCUT2D eigenvalue weighted by atomic mass is 9.88. The molecule has 0 aromatic heterocycles. The summed E-state index contributed by atoms with van der Waals surface area (Å²) in [4.78, 5) is 11.2. The number of phenolic OH excluding ortho intramolecular Hbond substituents is 1. The molecule has 0 amide bonds. The van der Waals surface area contributed by atoms with Gasteiger partial charge in [-0.25, -0.2) is 4.79 Å². The number of hydrogen-bond donors (Lipinski definition) is 4. The molecule has 1 aliphatic rings. The fourth-order valence-corrected chi connectivity index (χ4v) is 4.18. The smallest absolute Gasteiger partial charge is 0.335 e. The Morgan fingerprint density at radius 1 is 1.09 bits per heavy atom. The summed E-state index contributed by atoms with van der Waals surface area (Å²) in [7, 11) is 0. The molecular formula is C25H25Cl2NO5. The van der Waals surface area contributed by atoms with Crippen molar-refractivity contribution in [2.45, 2.75) is 31.4 Å². The van der Waals surface area contributed by atoms with Crippen LogP contribution >= 0.6 is 24.0 Å². The molecule has 0 heterocycles. The number of rotatable bonds is 7. The molecule has 33 heavy (non-hydrogen) atoms. The van der Waals surface area contributed by atoms with Crippen LogP contribution in [-0.4, -0.2) is 33.9 Å². The third-order valence-electron chi connectivity index (χ3n) is 5.61. The van der Waals surface area contributed by atoms with E-state index in [0.29, 0.717) is 17.3 Å². The summed E-state index contributed by atoms with van der Waals surface area (Å²) >= 11 is 6.01. The summed E-state index contributed by atoms with van der Waals surface area (Å²) in [6.07, 6.45) is 2.02. The molecule has 4 rings (SSSR count). The van der Waals surface area contributed by atoms with Crippen molar-refractivity contribution in [3.63, 3.8) is 0 Å². The normalized spacial score (nSPS) is 15.8. The van der Waals surface area contributed by atoms with Crippen molar-refractivity contribution >= 4 is 30.0 Å². The molecule has 0 saturated carbocycles. The summed E-state index contributed by atoms with van der Waals surface area (Å²) < 4.78 is 5.82. The Morgan fingerprint density at radius 3 is 2.67 bits per heavy atom. The lowest BCUT2D eigenvalue weighted by molar-refractivity contribution is 0.0696. The van der Waals surface area contributed by atoms with E-state index in [-0.39, 0.29) is 35.5 Å². The predicted molar refractivity (Wildman–Crippen MR) is 129 cm³/mol. The molecule has 0 saturated heterocycles. The van der Waals surface area contributed by atoms with Gasteiger partial charge in [0.15, 0.2) is 0 Å². The van der Waals surface area contributed by atoms with Crippen LogP contribution in [0.25, 0.3) is 0 Å². The third-order valence-corrected chi connectivity index (χ3v) is 5.85. The van der Waals surface area contributed by atoms with Gasteiger partial charge in [-0.1, -0.05) is 29.8 Å². The zero-order chi connectivity index (χ0) is 22.7. The molecule has 8 heteroatoms. The molecule has 4 N–H and O–H groups in total. The van der Waals surface area contributed by atoms with Crippen LogP contribution in [0.1, 0.15) is 39.6 Å². The number of carboxylic acids is 1. The van der Waals surface area contributed by atoms with Crippen LogP contribution in [0.5, 0.6) is 17.2 Å². The molecule has 3 aromatic rings. The van der Waals surface area contributed by atoms with E-state index in [4.69, 9.17) is 21.4 Å². The molecule has 0 unspecified atom stereocenters. The van der Waals surface area contributed by atoms with Gasteiger partial charge in [-0.15, -0.1) is 12.4 Å². The molecule has 0 aliphatic heterocycles. The number of carbonyl (C=O) groups is 1. The number of phenols is 1. The van der Waals surface area contributed by atoms with Crippen molar-refractivity contribution in [1.29, 1.82) is 0 Å². The van der Waals surface area contributed by atoms with Crippen molar-refractivity contribution in [2.24, 2.45) is 0 Å². The van der Waals surface area contributed by atoms with E-state index >= 15 is 0 Å². The number of aliphatic hydroxyl groups is 1. The molecule has 3 aromatic carbocycles. The lowest BCUT2D eigenvalue weighted by Gasteiger charge is -2.27. The highest BCUT2D eigenvalue weighted by Crippen LogP contribution is 2.31. The van der Waals surface area contributed by atoms with Gasteiger partial charge < -0.3 is 25.4 Å². The number of halogens is 2. The summed E-state index contributed by atoms with van der Waals surface area (Å²) in [5, 5.41) is 33.4. The van der Waals surface area contributed by atoms with Gasteiger partial charge in [0.1, 0.15) is 17.2 Å². The van der Waals surface area contributed by atoms with Crippen LogP contribution in [0.2, 0.25) is 5.02 Å². The first kappa shape index (κ1) is 24.9. The third kappa shape index (κ3) is 6.39. The zero-order valence-electron chi connectivity index (χ0n) is 17.7. The van der Waals surface area contributed by atoms with Gasteiger partial charge >= 0.3 is 5.97 Å².